The van der Waals surface area contributed by atoms with Crippen molar-refractivity contribution in [3.8, 4) is 0 Å². The molecule has 0 aliphatic carbocycles. The smallest absolute Gasteiger partial charge is 0.182 e. The molecular weight excluding hydrogens is 286 g/mol. The first-order valence-electron chi connectivity index (χ1n) is 8.31. The Morgan fingerprint density at radius 1 is 0.913 bits per heavy atom. The van der Waals surface area contributed by atoms with Crippen LogP contribution in [0.3, 0.4) is 0 Å². The average molecular weight is 319 g/mol. The zero-order valence-corrected chi connectivity index (χ0v) is 16.2. The fourth-order valence-electron chi connectivity index (χ4n) is 2.48. The Bertz CT molecular complexity index is 515. The highest BCUT2D eigenvalue weighted by molar-refractivity contribution is 6.00. The maximum atomic E-state index is 13.2. The van der Waals surface area contributed by atoms with Crippen molar-refractivity contribution in [2.45, 2.75) is 79.5 Å². The van der Waals surface area contributed by atoms with Gasteiger partial charge < -0.3 is 0 Å². The predicted octanol–water partition coefficient (Wildman–Crippen LogP) is 5.11. The van der Waals surface area contributed by atoms with E-state index in [0.717, 1.165) is 5.56 Å². The van der Waals surface area contributed by atoms with Gasteiger partial charge >= 0.3 is 0 Å². The minimum atomic E-state index is -0.371. The third kappa shape index (κ3) is 5.74. The normalized spacial score (nSPS) is 14.9. The first kappa shape index (κ1) is 19.9. The third-order valence-electron chi connectivity index (χ3n) is 3.39. The lowest BCUT2D eigenvalue weighted by molar-refractivity contribution is -0.291. The van der Waals surface area contributed by atoms with E-state index in [4.69, 9.17) is 4.84 Å². The van der Waals surface area contributed by atoms with E-state index in [1.54, 1.807) is 0 Å². The molecule has 1 aromatic rings. The molecule has 0 radical (unpaired) electrons. The summed E-state index contributed by atoms with van der Waals surface area (Å²) in [6.45, 7) is 18.5. The van der Waals surface area contributed by atoms with E-state index in [2.05, 4.69) is 41.5 Å². The molecule has 0 fully saturated rings. The van der Waals surface area contributed by atoms with Gasteiger partial charge in [0.1, 0.15) is 6.04 Å². The summed E-state index contributed by atoms with van der Waals surface area (Å²) in [6.07, 6.45) is 0. The molecule has 130 valence electrons. The molecule has 0 bridgehead atoms. The maximum absolute atomic E-state index is 13.2. The number of hydrogen-bond acceptors (Lipinski definition) is 3. The van der Waals surface area contributed by atoms with Crippen LogP contribution in [-0.4, -0.2) is 28.0 Å². The highest BCUT2D eigenvalue weighted by Crippen LogP contribution is 2.34. The average Bonchev–Trinajstić information content (AvgIpc) is 2.34. The topological polar surface area (TPSA) is 29.5 Å². The van der Waals surface area contributed by atoms with Crippen LogP contribution in [0.25, 0.3) is 0 Å². The van der Waals surface area contributed by atoms with Crippen LogP contribution in [0.5, 0.6) is 0 Å². The van der Waals surface area contributed by atoms with Crippen molar-refractivity contribution in [3.05, 3.63) is 35.9 Å². The van der Waals surface area contributed by atoms with E-state index in [0.29, 0.717) is 0 Å². The van der Waals surface area contributed by atoms with E-state index in [-0.39, 0.29) is 28.4 Å². The van der Waals surface area contributed by atoms with Gasteiger partial charge in [-0.15, -0.1) is 0 Å². The van der Waals surface area contributed by atoms with Crippen molar-refractivity contribution in [1.82, 2.24) is 5.06 Å². The summed E-state index contributed by atoms with van der Waals surface area (Å²) in [5, 5.41) is 1.89. The Kier molecular flexibility index (Phi) is 5.82. The van der Waals surface area contributed by atoms with Crippen LogP contribution >= 0.6 is 0 Å². The fourth-order valence-corrected chi connectivity index (χ4v) is 2.48. The summed E-state index contributed by atoms with van der Waals surface area (Å²) >= 11 is 0. The van der Waals surface area contributed by atoms with Gasteiger partial charge in [0.25, 0.3) is 0 Å². The molecule has 1 atom stereocenters. The second-order valence-electron chi connectivity index (χ2n) is 9.20. The van der Waals surface area contributed by atoms with Crippen molar-refractivity contribution < 1.29 is 9.63 Å². The standard InChI is InChI=1S/C20H33NO2/c1-18(2,3)17(16(22)15-13-11-10-12-14-15)21(19(4,5)6)23-20(7,8)9/h10-14,17H,1-9H3. The van der Waals surface area contributed by atoms with Gasteiger partial charge in [-0.25, -0.2) is 0 Å². The quantitative estimate of drug-likeness (QED) is 0.570. The van der Waals surface area contributed by atoms with Crippen LogP contribution in [0.15, 0.2) is 30.3 Å². The Morgan fingerprint density at radius 3 is 1.74 bits per heavy atom. The summed E-state index contributed by atoms with van der Waals surface area (Å²) in [5.41, 5.74) is -0.200. The highest BCUT2D eigenvalue weighted by atomic mass is 16.7. The fraction of sp³-hybridized carbons (Fsp3) is 0.650. The van der Waals surface area contributed by atoms with Crippen LogP contribution in [0.4, 0.5) is 0 Å². The van der Waals surface area contributed by atoms with Gasteiger partial charge in [0, 0.05) is 11.1 Å². The van der Waals surface area contributed by atoms with Gasteiger partial charge in [-0.1, -0.05) is 51.1 Å². The number of rotatable bonds is 4. The molecule has 1 aromatic carbocycles. The summed E-state index contributed by atoms with van der Waals surface area (Å²) in [4.78, 5) is 19.5. The van der Waals surface area contributed by atoms with Crippen LogP contribution in [0.2, 0.25) is 0 Å². The van der Waals surface area contributed by atoms with Crippen molar-refractivity contribution in [2.24, 2.45) is 5.41 Å². The first-order chi connectivity index (χ1) is 10.2. The van der Waals surface area contributed by atoms with E-state index >= 15 is 0 Å². The number of Topliss-reactive ketones (excluding diaryl/α,β-unsaturated/α-hetero) is 1. The largest absolute Gasteiger partial charge is 0.292 e. The third-order valence-corrected chi connectivity index (χ3v) is 3.39. The lowest BCUT2D eigenvalue weighted by Gasteiger charge is -2.47. The second kappa shape index (κ2) is 6.74. The number of hydroxylamine groups is 2. The van der Waals surface area contributed by atoms with E-state index < -0.39 is 0 Å². The van der Waals surface area contributed by atoms with Crippen molar-refractivity contribution in [3.63, 3.8) is 0 Å². The molecule has 0 aliphatic heterocycles. The first-order valence-corrected chi connectivity index (χ1v) is 8.31. The Hall–Kier alpha value is -1.19. The molecule has 0 spiro atoms. The Balaban J connectivity index is 3.35. The minimum absolute atomic E-state index is 0.0947. The molecule has 3 nitrogen and oxygen atoms in total. The molecule has 1 unspecified atom stereocenters. The summed E-state index contributed by atoms with van der Waals surface area (Å²) in [5.74, 6) is 0.0947. The van der Waals surface area contributed by atoms with Crippen LogP contribution in [0.1, 0.15) is 72.7 Å². The predicted molar refractivity (Wildman–Crippen MR) is 96.4 cm³/mol. The second-order valence-corrected chi connectivity index (χ2v) is 9.20. The summed E-state index contributed by atoms with van der Waals surface area (Å²) in [7, 11) is 0. The maximum Gasteiger partial charge on any atom is 0.182 e. The summed E-state index contributed by atoms with van der Waals surface area (Å²) in [6, 6.07) is 9.11. The van der Waals surface area contributed by atoms with Crippen molar-refractivity contribution in [2.75, 3.05) is 0 Å². The van der Waals surface area contributed by atoms with Gasteiger partial charge in [0.2, 0.25) is 0 Å². The van der Waals surface area contributed by atoms with Crippen molar-refractivity contribution >= 4 is 5.78 Å². The van der Waals surface area contributed by atoms with Crippen LogP contribution in [0, 0.1) is 5.41 Å². The lowest BCUT2D eigenvalue weighted by Crippen LogP contribution is -2.58. The molecule has 0 aromatic heterocycles. The highest BCUT2D eigenvalue weighted by Gasteiger charge is 2.44. The molecule has 0 saturated heterocycles. The molecule has 0 N–H and O–H groups in total. The Labute approximate surface area is 142 Å². The molecule has 3 heteroatoms. The molecule has 0 saturated carbocycles. The van der Waals surface area contributed by atoms with E-state index in [1.807, 2.05) is 56.2 Å². The van der Waals surface area contributed by atoms with Crippen molar-refractivity contribution in [1.29, 1.82) is 0 Å². The molecule has 1 rings (SSSR count). The zero-order chi connectivity index (χ0) is 18.1. The molecule has 0 heterocycles. The molecular formula is C20H33NO2. The van der Waals surface area contributed by atoms with Gasteiger partial charge in [-0.2, -0.15) is 5.06 Å². The SMILES string of the molecule is CC(C)(C)ON(C(C(=O)c1ccccc1)C(C)(C)C)C(C)(C)C. The number of ketones is 1. The van der Waals surface area contributed by atoms with Crippen LogP contribution in [-0.2, 0) is 4.84 Å². The number of carbonyl (C=O) groups is 1. The lowest BCUT2D eigenvalue weighted by atomic mass is 9.80. The molecule has 23 heavy (non-hydrogen) atoms. The number of nitrogens with zero attached hydrogens (tertiary/aromatic N) is 1. The van der Waals surface area contributed by atoms with Crippen LogP contribution < -0.4 is 0 Å². The van der Waals surface area contributed by atoms with E-state index in [1.165, 1.54) is 0 Å². The van der Waals surface area contributed by atoms with E-state index in [9.17, 15) is 4.79 Å². The van der Waals surface area contributed by atoms with Gasteiger partial charge in [0.15, 0.2) is 5.78 Å². The number of hydrogen-bond donors (Lipinski definition) is 0. The Morgan fingerprint density at radius 2 is 1.39 bits per heavy atom. The number of carbonyl (C=O) groups excluding carboxylic acids is 1. The van der Waals surface area contributed by atoms with Gasteiger partial charge in [-0.05, 0) is 47.0 Å². The number of benzene rings is 1. The summed E-state index contributed by atoms with van der Waals surface area (Å²) < 4.78 is 0. The monoisotopic (exact) mass is 319 g/mol. The zero-order valence-electron chi connectivity index (χ0n) is 16.2. The van der Waals surface area contributed by atoms with Gasteiger partial charge in [-0.3, -0.25) is 9.63 Å². The molecule has 0 amide bonds. The van der Waals surface area contributed by atoms with Gasteiger partial charge in [0.05, 0.1) is 5.60 Å². The minimum Gasteiger partial charge on any atom is -0.292 e. The molecule has 0 aliphatic rings.